The van der Waals surface area contributed by atoms with E-state index in [1.807, 2.05) is 19.1 Å². The van der Waals surface area contributed by atoms with E-state index < -0.39 is 5.97 Å². The molecule has 0 saturated carbocycles. The third-order valence-electron chi connectivity index (χ3n) is 2.58. The molecule has 0 heterocycles. The third-order valence-corrected chi connectivity index (χ3v) is 3.07. The number of halogens is 1. The van der Waals surface area contributed by atoms with Gasteiger partial charge in [0, 0.05) is 4.47 Å². The molecule has 0 aliphatic heterocycles. The molecule has 0 aromatic heterocycles. The highest BCUT2D eigenvalue weighted by Crippen LogP contribution is 2.19. The van der Waals surface area contributed by atoms with Gasteiger partial charge in [0.2, 0.25) is 0 Å². The number of aryl methyl sites for hydroxylation is 2. The Hall–Kier alpha value is -0.830. The van der Waals surface area contributed by atoms with Gasteiger partial charge < -0.3 is 5.11 Å². The summed E-state index contributed by atoms with van der Waals surface area (Å²) in [5, 5.41) is 8.77. The summed E-state index contributed by atoms with van der Waals surface area (Å²) in [6.07, 6.45) is 1.51. The zero-order valence-corrected chi connectivity index (χ0v) is 10.5. The minimum absolute atomic E-state index is 0.275. The largest absolute Gasteiger partial charge is 0.481 e. The summed E-state index contributed by atoms with van der Waals surface area (Å²) in [4.78, 5) is 10.7. The van der Waals surface area contributed by atoms with Crippen LogP contribution in [0.25, 0.3) is 0 Å². The lowest BCUT2D eigenvalue weighted by molar-refractivity contribution is -0.141. The predicted molar refractivity (Wildman–Crippen MR) is 64.0 cm³/mol. The maximum atomic E-state index is 10.7. The zero-order valence-electron chi connectivity index (χ0n) is 8.96. The molecule has 1 rings (SSSR count). The molecule has 15 heavy (non-hydrogen) atoms. The SMILES string of the molecule is Cc1ccc(Br)cc1CCC(C)C(=O)O. The van der Waals surface area contributed by atoms with E-state index >= 15 is 0 Å². The maximum Gasteiger partial charge on any atom is 0.306 e. The number of carboxylic acids is 1. The Bertz CT molecular complexity index is 361. The second-order valence-corrected chi connectivity index (χ2v) is 4.76. The molecule has 1 N–H and O–H groups in total. The van der Waals surface area contributed by atoms with Crippen molar-refractivity contribution >= 4 is 21.9 Å². The van der Waals surface area contributed by atoms with Gasteiger partial charge in [0.15, 0.2) is 0 Å². The Balaban J connectivity index is 2.65. The zero-order chi connectivity index (χ0) is 11.4. The number of carboxylic acid groups (broad SMARTS) is 1. The Labute approximate surface area is 98.4 Å². The van der Waals surface area contributed by atoms with E-state index in [-0.39, 0.29) is 5.92 Å². The molecule has 2 nitrogen and oxygen atoms in total. The fourth-order valence-corrected chi connectivity index (χ4v) is 1.81. The molecule has 1 aromatic carbocycles. The summed E-state index contributed by atoms with van der Waals surface area (Å²) in [5.74, 6) is -0.994. The van der Waals surface area contributed by atoms with Crippen LogP contribution in [0.1, 0.15) is 24.5 Å². The van der Waals surface area contributed by atoms with Crippen molar-refractivity contribution < 1.29 is 9.90 Å². The summed E-state index contributed by atoms with van der Waals surface area (Å²) in [6, 6.07) is 6.11. The van der Waals surface area contributed by atoms with Crippen molar-refractivity contribution in [3.05, 3.63) is 33.8 Å². The molecule has 3 heteroatoms. The smallest absolute Gasteiger partial charge is 0.306 e. The van der Waals surface area contributed by atoms with Crippen molar-refractivity contribution in [2.75, 3.05) is 0 Å². The number of aliphatic carboxylic acids is 1. The molecule has 1 unspecified atom stereocenters. The van der Waals surface area contributed by atoms with E-state index in [9.17, 15) is 4.79 Å². The van der Waals surface area contributed by atoms with Gasteiger partial charge >= 0.3 is 5.97 Å². The quantitative estimate of drug-likeness (QED) is 0.911. The van der Waals surface area contributed by atoms with Crippen LogP contribution in [0.4, 0.5) is 0 Å². The van der Waals surface area contributed by atoms with Gasteiger partial charge in [-0.2, -0.15) is 0 Å². The van der Waals surface area contributed by atoms with Crippen molar-refractivity contribution in [3.63, 3.8) is 0 Å². The van der Waals surface area contributed by atoms with E-state index in [2.05, 4.69) is 22.0 Å². The number of benzene rings is 1. The average molecular weight is 271 g/mol. The molecule has 0 aliphatic rings. The molecular weight excluding hydrogens is 256 g/mol. The van der Waals surface area contributed by atoms with Crippen LogP contribution in [0.15, 0.2) is 22.7 Å². The van der Waals surface area contributed by atoms with E-state index in [0.717, 1.165) is 10.9 Å². The Morgan fingerprint density at radius 2 is 2.20 bits per heavy atom. The number of hydrogen-bond acceptors (Lipinski definition) is 1. The minimum atomic E-state index is -0.720. The summed E-state index contributed by atoms with van der Waals surface area (Å²) in [5.41, 5.74) is 2.44. The molecule has 0 spiro atoms. The van der Waals surface area contributed by atoms with Crippen LogP contribution in [0.5, 0.6) is 0 Å². The molecule has 0 fully saturated rings. The summed E-state index contributed by atoms with van der Waals surface area (Å²) in [6.45, 7) is 3.79. The lowest BCUT2D eigenvalue weighted by atomic mass is 9.98. The molecule has 1 aromatic rings. The first-order valence-corrected chi connectivity index (χ1v) is 5.78. The van der Waals surface area contributed by atoms with E-state index in [4.69, 9.17) is 5.11 Å². The fourth-order valence-electron chi connectivity index (χ4n) is 1.40. The van der Waals surface area contributed by atoms with Crippen LogP contribution in [0, 0.1) is 12.8 Å². The standard InChI is InChI=1S/C12H15BrO2/c1-8-4-6-11(13)7-10(8)5-3-9(2)12(14)15/h4,6-7,9H,3,5H2,1-2H3,(H,14,15). The van der Waals surface area contributed by atoms with Crippen LogP contribution >= 0.6 is 15.9 Å². The Morgan fingerprint density at radius 1 is 1.53 bits per heavy atom. The molecular formula is C12H15BrO2. The molecule has 1 atom stereocenters. The predicted octanol–water partition coefficient (Wildman–Crippen LogP) is 3.41. The highest BCUT2D eigenvalue weighted by Gasteiger charge is 2.11. The van der Waals surface area contributed by atoms with Crippen molar-refractivity contribution in [1.82, 2.24) is 0 Å². The van der Waals surface area contributed by atoms with Gasteiger partial charge in [-0.1, -0.05) is 28.9 Å². The maximum absolute atomic E-state index is 10.7. The first kappa shape index (κ1) is 12.2. The summed E-state index contributed by atoms with van der Waals surface area (Å²) in [7, 11) is 0. The van der Waals surface area contributed by atoms with E-state index in [0.29, 0.717) is 6.42 Å². The lowest BCUT2D eigenvalue weighted by Gasteiger charge is -2.08. The Morgan fingerprint density at radius 3 is 2.80 bits per heavy atom. The molecule has 0 amide bonds. The van der Waals surface area contributed by atoms with Gasteiger partial charge in [0.25, 0.3) is 0 Å². The van der Waals surface area contributed by atoms with Crippen LogP contribution in [0.3, 0.4) is 0 Å². The average Bonchev–Trinajstić information content (AvgIpc) is 2.18. The van der Waals surface area contributed by atoms with Crippen molar-refractivity contribution in [1.29, 1.82) is 0 Å². The highest BCUT2D eigenvalue weighted by molar-refractivity contribution is 9.10. The number of rotatable bonds is 4. The van der Waals surface area contributed by atoms with Crippen LogP contribution in [-0.2, 0) is 11.2 Å². The van der Waals surface area contributed by atoms with Crippen LogP contribution in [0.2, 0.25) is 0 Å². The molecule has 0 radical (unpaired) electrons. The van der Waals surface area contributed by atoms with Gasteiger partial charge in [-0.05, 0) is 43.0 Å². The van der Waals surface area contributed by atoms with Gasteiger partial charge in [-0.3, -0.25) is 4.79 Å². The van der Waals surface area contributed by atoms with Gasteiger partial charge in [0.05, 0.1) is 5.92 Å². The number of carbonyl (C=O) groups is 1. The highest BCUT2D eigenvalue weighted by atomic mass is 79.9. The molecule has 0 bridgehead atoms. The second kappa shape index (κ2) is 5.31. The first-order valence-electron chi connectivity index (χ1n) is 4.98. The lowest BCUT2D eigenvalue weighted by Crippen LogP contribution is -2.10. The summed E-state index contributed by atoms with van der Waals surface area (Å²) < 4.78 is 1.05. The normalized spacial score (nSPS) is 12.5. The van der Waals surface area contributed by atoms with Crippen molar-refractivity contribution in [3.8, 4) is 0 Å². The number of hydrogen-bond donors (Lipinski definition) is 1. The Kier molecular flexibility index (Phi) is 4.33. The van der Waals surface area contributed by atoms with Gasteiger partial charge in [-0.15, -0.1) is 0 Å². The second-order valence-electron chi connectivity index (χ2n) is 3.85. The first-order chi connectivity index (χ1) is 7.00. The molecule has 82 valence electrons. The molecule has 0 aliphatic carbocycles. The van der Waals surface area contributed by atoms with Gasteiger partial charge in [0.1, 0.15) is 0 Å². The van der Waals surface area contributed by atoms with Gasteiger partial charge in [-0.25, -0.2) is 0 Å². The summed E-state index contributed by atoms with van der Waals surface area (Å²) >= 11 is 3.42. The van der Waals surface area contributed by atoms with Crippen molar-refractivity contribution in [2.24, 2.45) is 5.92 Å². The van der Waals surface area contributed by atoms with Crippen molar-refractivity contribution in [2.45, 2.75) is 26.7 Å². The monoisotopic (exact) mass is 270 g/mol. The van der Waals surface area contributed by atoms with E-state index in [1.165, 1.54) is 11.1 Å². The van der Waals surface area contributed by atoms with E-state index in [1.54, 1.807) is 6.92 Å². The third kappa shape index (κ3) is 3.67. The fraction of sp³-hybridized carbons (Fsp3) is 0.417. The topological polar surface area (TPSA) is 37.3 Å². The molecule has 0 saturated heterocycles. The van der Waals surface area contributed by atoms with Crippen LogP contribution < -0.4 is 0 Å². The minimum Gasteiger partial charge on any atom is -0.481 e. The van der Waals surface area contributed by atoms with Crippen LogP contribution in [-0.4, -0.2) is 11.1 Å².